The summed E-state index contributed by atoms with van der Waals surface area (Å²) in [6.07, 6.45) is 0.112. The van der Waals surface area contributed by atoms with E-state index in [1.54, 1.807) is 38.1 Å². The molecule has 0 saturated carbocycles. The lowest BCUT2D eigenvalue weighted by atomic mass is 10.0. The van der Waals surface area contributed by atoms with Gasteiger partial charge in [-0.15, -0.1) is 0 Å². The van der Waals surface area contributed by atoms with Gasteiger partial charge in [0.25, 0.3) is 8.41 Å². The van der Waals surface area contributed by atoms with E-state index in [-0.39, 0.29) is 55.3 Å². The van der Waals surface area contributed by atoms with E-state index in [0.29, 0.717) is 10.8 Å². The molecule has 2 atom stereocenters. The maximum atomic E-state index is 15.9. The van der Waals surface area contributed by atoms with Crippen molar-refractivity contribution in [2.45, 2.75) is 84.0 Å². The van der Waals surface area contributed by atoms with E-state index < -0.39 is 44.1 Å². The average molecular weight is 641 g/mol. The molecule has 0 fully saturated rings. The van der Waals surface area contributed by atoms with Gasteiger partial charge in [0, 0.05) is 19.4 Å². The van der Waals surface area contributed by atoms with Crippen LogP contribution in [0.4, 0.5) is 4.11 Å². The van der Waals surface area contributed by atoms with Crippen molar-refractivity contribution in [2.75, 3.05) is 13.1 Å². The Morgan fingerprint density at radius 1 is 0.756 bits per heavy atom. The van der Waals surface area contributed by atoms with E-state index in [1.165, 1.54) is 0 Å². The Kier molecular flexibility index (Phi) is 14.4. The number of benzene rings is 2. The third-order valence-corrected chi connectivity index (χ3v) is 12.3. The summed E-state index contributed by atoms with van der Waals surface area (Å²) in [4.78, 5) is 62.2. The molecule has 6 N–H and O–H groups in total. The summed E-state index contributed by atoms with van der Waals surface area (Å²) >= 11 is 0. The van der Waals surface area contributed by atoms with Crippen molar-refractivity contribution in [3.8, 4) is 0 Å². The molecule has 2 rings (SSSR count). The van der Waals surface area contributed by atoms with Crippen LogP contribution in [0.25, 0.3) is 0 Å². The summed E-state index contributed by atoms with van der Waals surface area (Å²) in [5.74, 6) is -2.77. The quantitative estimate of drug-likeness (QED) is 0.132. The molecular formula is C33H48FN5O5Si. The minimum absolute atomic E-state index is 0.0211. The highest BCUT2D eigenvalue weighted by atomic mass is 28.4. The molecule has 0 aromatic heterocycles. The molecule has 0 heterocycles. The van der Waals surface area contributed by atoms with Gasteiger partial charge >= 0.3 is 0 Å². The maximum Gasteiger partial charge on any atom is 0.282 e. The number of rotatable bonds is 17. The molecule has 246 valence electrons. The first-order chi connectivity index (χ1) is 21.1. The van der Waals surface area contributed by atoms with Crippen LogP contribution in [0.3, 0.4) is 0 Å². The second-order valence-electron chi connectivity index (χ2n) is 12.3. The highest BCUT2D eigenvalue weighted by molar-refractivity contribution is 6.88. The number of nitrogens with one attached hydrogen (secondary N) is 4. The normalized spacial score (nSPS) is 12.8. The summed E-state index contributed by atoms with van der Waals surface area (Å²) < 4.78 is 15.9. The van der Waals surface area contributed by atoms with Crippen molar-refractivity contribution in [3.63, 3.8) is 0 Å². The number of carbonyl (C=O) groups is 5. The number of hydrogen-bond acceptors (Lipinski definition) is 5. The van der Waals surface area contributed by atoms with Gasteiger partial charge in [0.05, 0.1) is 13.0 Å². The van der Waals surface area contributed by atoms with Crippen LogP contribution in [0.5, 0.6) is 0 Å². The van der Waals surface area contributed by atoms with E-state index in [9.17, 15) is 24.0 Å². The summed E-state index contributed by atoms with van der Waals surface area (Å²) in [6.45, 7) is 10.9. The van der Waals surface area contributed by atoms with E-state index >= 15 is 4.11 Å². The Bertz CT molecular complexity index is 1300. The summed E-state index contributed by atoms with van der Waals surface area (Å²) in [5, 5.41) is 11.2. The number of amides is 5. The van der Waals surface area contributed by atoms with Crippen LogP contribution in [0, 0.1) is 5.92 Å². The van der Waals surface area contributed by atoms with Crippen LogP contribution >= 0.6 is 0 Å². The molecule has 0 aliphatic rings. The summed E-state index contributed by atoms with van der Waals surface area (Å²) in [5.41, 5.74) is 6.49. The highest BCUT2D eigenvalue weighted by Gasteiger charge is 2.43. The highest BCUT2D eigenvalue weighted by Crippen LogP contribution is 2.33. The monoisotopic (exact) mass is 640 g/mol. The molecule has 0 spiro atoms. The topological polar surface area (TPSA) is 159 Å². The Morgan fingerprint density at radius 2 is 1.36 bits per heavy atom. The second kappa shape index (κ2) is 17.4. The van der Waals surface area contributed by atoms with Crippen molar-refractivity contribution in [2.24, 2.45) is 11.7 Å². The zero-order chi connectivity index (χ0) is 33.7. The van der Waals surface area contributed by atoms with Gasteiger partial charge in [-0.1, -0.05) is 96.1 Å². The first-order valence-corrected chi connectivity index (χ1v) is 17.4. The fourth-order valence-electron chi connectivity index (χ4n) is 5.19. The van der Waals surface area contributed by atoms with Gasteiger partial charge < -0.3 is 31.1 Å². The lowest BCUT2D eigenvalue weighted by Crippen LogP contribution is -2.51. The maximum absolute atomic E-state index is 15.9. The zero-order valence-corrected chi connectivity index (χ0v) is 28.1. The van der Waals surface area contributed by atoms with Crippen LogP contribution < -0.4 is 32.2 Å². The van der Waals surface area contributed by atoms with Gasteiger partial charge in [0.1, 0.15) is 12.1 Å². The van der Waals surface area contributed by atoms with E-state index in [4.69, 9.17) is 5.73 Å². The van der Waals surface area contributed by atoms with Crippen LogP contribution in [0.2, 0.25) is 11.1 Å². The third-order valence-electron chi connectivity index (χ3n) is 7.73. The number of hydrogen-bond donors (Lipinski definition) is 5. The second-order valence-corrected chi connectivity index (χ2v) is 16.7. The lowest BCUT2D eigenvalue weighted by molar-refractivity contribution is -0.131. The van der Waals surface area contributed by atoms with Crippen LogP contribution in [0.15, 0.2) is 54.6 Å². The Morgan fingerprint density at radius 3 is 1.89 bits per heavy atom. The first kappa shape index (κ1) is 37.1. The van der Waals surface area contributed by atoms with Gasteiger partial charge in [0.2, 0.25) is 29.5 Å². The molecule has 12 heteroatoms. The van der Waals surface area contributed by atoms with Crippen LogP contribution in [-0.4, -0.2) is 63.1 Å². The molecule has 2 aromatic carbocycles. The number of halogens is 1. The predicted octanol–water partition coefficient (Wildman–Crippen LogP) is 2.15. The number of carbonyl (C=O) groups excluding carboxylic acids is 5. The van der Waals surface area contributed by atoms with Crippen molar-refractivity contribution in [3.05, 3.63) is 65.7 Å². The third kappa shape index (κ3) is 11.4. The molecule has 10 nitrogen and oxygen atoms in total. The largest absolute Gasteiger partial charge is 0.368 e. The molecule has 0 bridgehead atoms. The van der Waals surface area contributed by atoms with Crippen molar-refractivity contribution in [1.82, 2.24) is 21.3 Å². The van der Waals surface area contributed by atoms with Crippen molar-refractivity contribution < 1.29 is 28.1 Å². The summed E-state index contributed by atoms with van der Waals surface area (Å²) in [7, 11) is -3.18. The molecule has 0 aliphatic heterocycles. The van der Waals surface area contributed by atoms with Gasteiger partial charge in [-0.25, -0.2) is 0 Å². The Hall–Kier alpha value is -4.06. The zero-order valence-electron chi connectivity index (χ0n) is 27.1. The SMILES string of the molecule is CC(C)[C@H](NC(=O)Cc1ccc([Si]([18F])(C(C)C)C(C)C)cc1)C(=O)NCCC(=O)N[C@@H](Cc1ccccc1)C(=O)NCC(N)=O. The molecule has 0 saturated heterocycles. The lowest BCUT2D eigenvalue weighted by Gasteiger charge is -2.30. The van der Waals surface area contributed by atoms with E-state index in [0.717, 1.165) is 5.56 Å². The molecule has 0 radical (unpaired) electrons. The van der Waals surface area contributed by atoms with Crippen molar-refractivity contribution in [1.29, 1.82) is 0 Å². The van der Waals surface area contributed by atoms with E-state index in [2.05, 4.69) is 21.3 Å². The fourth-order valence-corrected chi connectivity index (χ4v) is 8.53. The molecule has 0 aliphatic carbocycles. The minimum atomic E-state index is -3.18. The van der Waals surface area contributed by atoms with Gasteiger partial charge in [-0.05, 0) is 33.3 Å². The minimum Gasteiger partial charge on any atom is -0.368 e. The summed E-state index contributed by atoms with van der Waals surface area (Å²) in [6, 6.07) is 14.4. The molecule has 5 amide bonds. The standard InChI is InChI=1S/C33H48FN5O5Si/c1-21(2)31(39-30(42)19-25-12-14-26(15-13-25)45(34,22(3)4)23(5)6)33(44)36-17-16-29(41)38-27(32(43)37-20-28(35)40)18-24-10-8-7-9-11-24/h7-15,21-23,27,31H,16-20H2,1-6H3,(H2,35,40)(H,36,44)(H,37,43)(H,38,41)(H,39,42)/t27-,31-/m0/s1/i34-1. The van der Waals surface area contributed by atoms with Crippen molar-refractivity contribution >= 4 is 43.1 Å². The van der Waals surface area contributed by atoms with Gasteiger partial charge in [-0.2, -0.15) is 0 Å². The van der Waals surface area contributed by atoms with Crippen LogP contribution in [0.1, 0.15) is 59.1 Å². The van der Waals surface area contributed by atoms with Crippen LogP contribution in [-0.2, 0) is 36.8 Å². The average Bonchev–Trinajstić information content (AvgIpc) is 2.98. The Labute approximate surface area is 266 Å². The smallest absolute Gasteiger partial charge is 0.282 e. The number of primary amides is 1. The predicted molar refractivity (Wildman–Crippen MR) is 176 cm³/mol. The fraction of sp³-hybridized carbons (Fsp3) is 0.485. The first-order valence-electron chi connectivity index (χ1n) is 15.4. The molecule has 0 unspecified atom stereocenters. The number of nitrogens with two attached hydrogens (primary N) is 1. The van der Waals surface area contributed by atoms with Gasteiger partial charge in [-0.3, -0.25) is 24.0 Å². The Balaban J connectivity index is 1.94. The van der Waals surface area contributed by atoms with E-state index in [1.807, 2.05) is 58.0 Å². The molecular weight excluding hydrogens is 592 g/mol. The van der Waals surface area contributed by atoms with Gasteiger partial charge in [0.15, 0.2) is 0 Å². The molecule has 45 heavy (non-hydrogen) atoms. The molecule has 2 aromatic rings.